The van der Waals surface area contributed by atoms with Gasteiger partial charge in [-0.15, -0.1) is 0 Å². The van der Waals surface area contributed by atoms with E-state index in [2.05, 4.69) is 30.1 Å². The van der Waals surface area contributed by atoms with E-state index in [4.69, 9.17) is 18.9 Å². The van der Waals surface area contributed by atoms with Crippen LogP contribution in [0.25, 0.3) is 5.69 Å². The van der Waals surface area contributed by atoms with E-state index in [1.807, 2.05) is 42.7 Å². The summed E-state index contributed by atoms with van der Waals surface area (Å²) in [6, 6.07) is 14.9. The SMILES string of the molecule is Cc1cc(C(=O)Nc2ccc(OCC(C)(C)CN3CCOCC3)c(C#N)c2)c(C)n1-c1ccc2c(c1)OCO2. The molecule has 0 saturated carbocycles. The fourth-order valence-corrected chi connectivity index (χ4v) is 5.12. The summed E-state index contributed by atoms with van der Waals surface area (Å²) in [5.74, 6) is 1.65. The largest absolute Gasteiger partial charge is 0.492 e. The molecule has 5 rings (SSSR count). The van der Waals surface area contributed by atoms with Crippen molar-refractivity contribution in [2.75, 3.05) is 51.6 Å². The first-order valence-corrected chi connectivity index (χ1v) is 13.1. The molecule has 2 aliphatic heterocycles. The van der Waals surface area contributed by atoms with Gasteiger partial charge in [-0.25, -0.2) is 0 Å². The summed E-state index contributed by atoms with van der Waals surface area (Å²) in [6.45, 7) is 13.1. The number of aryl methyl sites for hydroxylation is 1. The van der Waals surface area contributed by atoms with Gasteiger partial charge in [0.25, 0.3) is 5.91 Å². The van der Waals surface area contributed by atoms with Crippen molar-refractivity contribution < 1.29 is 23.7 Å². The van der Waals surface area contributed by atoms with E-state index < -0.39 is 0 Å². The highest BCUT2D eigenvalue weighted by Gasteiger charge is 2.25. The summed E-state index contributed by atoms with van der Waals surface area (Å²) in [5.41, 5.74) is 3.96. The summed E-state index contributed by atoms with van der Waals surface area (Å²) in [5, 5.41) is 12.7. The molecule has 2 aromatic carbocycles. The first-order valence-electron chi connectivity index (χ1n) is 13.1. The fraction of sp³-hybridized carbons (Fsp3) is 0.400. The summed E-state index contributed by atoms with van der Waals surface area (Å²) in [7, 11) is 0. The molecular weight excluding hydrogens is 496 g/mol. The fourth-order valence-electron chi connectivity index (χ4n) is 5.12. The third kappa shape index (κ3) is 5.87. The molecule has 3 heterocycles. The highest BCUT2D eigenvalue weighted by atomic mass is 16.7. The minimum Gasteiger partial charge on any atom is -0.492 e. The predicted molar refractivity (Wildman–Crippen MR) is 147 cm³/mol. The maximum atomic E-state index is 13.3. The molecule has 9 heteroatoms. The van der Waals surface area contributed by atoms with Gasteiger partial charge in [-0.2, -0.15) is 5.26 Å². The molecule has 3 aromatic rings. The van der Waals surface area contributed by atoms with Crippen molar-refractivity contribution >= 4 is 11.6 Å². The molecule has 0 unspecified atom stereocenters. The third-order valence-electron chi connectivity index (χ3n) is 7.02. The molecule has 39 heavy (non-hydrogen) atoms. The monoisotopic (exact) mass is 530 g/mol. The highest BCUT2D eigenvalue weighted by Crippen LogP contribution is 2.35. The Labute approximate surface area is 228 Å². The number of amides is 1. The number of benzene rings is 2. The molecule has 0 aliphatic carbocycles. The minimum atomic E-state index is -0.251. The van der Waals surface area contributed by atoms with E-state index in [-0.39, 0.29) is 18.1 Å². The number of carbonyl (C=O) groups is 1. The second kappa shape index (κ2) is 11.0. The summed E-state index contributed by atoms with van der Waals surface area (Å²) < 4.78 is 24.5. The lowest BCUT2D eigenvalue weighted by Crippen LogP contribution is -2.43. The number of anilines is 1. The Morgan fingerprint density at radius 1 is 1.08 bits per heavy atom. The van der Waals surface area contributed by atoms with E-state index in [1.54, 1.807) is 18.2 Å². The molecule has 1 aromatic heterocycles. The van der Waals surface area contributed by atoms with Gasteiger partial charge in [0.15, 0.2) is 11.5 Å². The zero-order chi connectivity index (χ0) is 27.6. The molecule has 204 valence electrons. The first kappa shape index (κ1) is 26.6. The molecular formula is C30H34N4O5. The lowest BCUT2D eigenvalue weighted by molar-refractivity contribution is 0.0132. The van der Waals surface area contributed by atoms with Gasteiger partial charge in [0.1, 0.15) is 11.8 Å². The number of carbonyl (C=O) groups excluding carboxylic acids is 1. The molecule has 2 aliphatic rings. The van der Waals surface area contributed by atoms with Crippen molar-refractivity contribution in [3.05, 3.63) is 65.0 Å². The average molecular weight is 531 g/mol. The second-order valence-electron chi connectivity index (χ2n) is 10.8. The Balaban J connectivity index is 1.27. The Morgan fingerprint density at radius 2 is 1.85 bits per heavy atom. The van der Waals surface area contributed by atoms with E-state index >= 15 is 0 Å². The normalized spacial score (nSPS) is 15.2. The molecule has 0 bridgehead atoms. The number of morpholine rings is 1. The van der Waals surface area contributed by atoms with Gasteiger partial charge < -0.3 is 28.8 Å². The van der Waals surface area contributed by atoms with Gasteiger partial charge in [-0.1, -0.05) is 13.8 Å². The Kier molecular flexibility index (Phi) is 7.51. The maximum absolute atomic E-state index is 13.3. The van der Waals surface area contributed by atoms with E-state index in [1.165, 1.54) is 0 Å². The standard InChI is InChI=1S/C30H34N4O5/c1-20-13-25(21(2)34(20)24-6-8-27-28(15-24)39-19-38-27)29(35)32-23-5-7-26(22(14-23)16-31)37-18-30(3,4)17-33-9-11-36-12-10-33/h5-8,13-15H,9-12,17-19H2,1-4H3,(H,32,35). The van der Waals surface area contributed by atoms with E-state index in [9.17, 15) is 10.1 Å². The lowest BCUT2D eigenvalue weighted by atomic mass is 9.93. The molecule has 1 amide bonds. The number of nitrogens with zero attached hydrogens (tertiary/aromatic N) is 3. The number of nitrogens with one attached hydrogen (secondary N) is 1. The minimum absolute atomic E-state index is 0.0997. The maximum Gasteiger partial charge on any atom is 0.257 e. The van der Waals surface area contributed by atoms with Crippen LogP contribution >= 0.6 is 0 Å². The predicted octanol–water partition coefficient (Wildman–Crippen LogP) is 4.68. The van der Waals surface area contributed by atoms with Crippen molar-refractivity contribution in [1.29, 1.82) is 5.26 Å². The molecule has 1 saturated heterocycles. The van der Waals surface area contributed by atoms with Crippen LogP contribution in [0.15, 0.2) is 42.5 Å². The Hall–Kier alpha value is -4.00. The van der Waals surface area contributed by atoms with Crippen LogP contribution in [0.3, 0.4) is 0 Å². The van der Waals surface area contributed by atoms with Crippen LogP contribution in [-0.4, -0.2) is 61.6 Å². The van der Waals surface area contributed by atoms with Gasteiger partial charge in [0.2, 0.25) is 6.79 Å². The smallest absolute Gasteiger partial charge is 0.257 e. The van der Waals surface area contributed by atoms with Crippen molar-refractivity contribution in [2.45, 2.75) is 27.7 Å². The number of aromatic nitrogens is 1. The van der Waals surface area contributed by atoms with E-state index in [0.717, 1.165) is 49.9 Å². The van der Waals surface area contributed by atoms with Crippen molar-refractivity contribution in [1.82, 2.24) is 9.47 Å². The third-order valence-corrected chi connectivity index (χ3v) is 7.02. The van der Waals surface area contributed by atoms with Crippen LogP contribution in [0.5, 0.6) is 17.2 Å². The molecule has 0 atom stereocenters. The Bertz CT molecular complexity index is 1420. The van der Waals surface area contributed by atoms with Crippen LogP contribution in [0.2, 0.25) is 0 Å². The van der Waals surface area contributed by atoms with Crippen LogP contribution < -0.4 is 19.5 Å². The van der Waals surface area contributed by atoms with Gasteiger partial charge in [-0.05, 0) is 50.2 Å². The number of ether oxygens (including phenoxy) is 4. The molecule has 0 spiro atoms. The lowest BCUT2D eigenvalue weighted by Gasteiger charge is -2.34. The summed E-state index contributed by atoms with van der Waals surface area (Å²) in [4.78, 5) is 15.6. The van der Waals surface area contributed by atoms with Gasteiger partial charge in [-0.3, -0.25) is 9.69 Å². The highest BCUT2D eigenvalue weighted by molar-refractivity contribution is 6.05. The summed E-state index contributed by atoms with van der Waals surface area (Å²) in [6.07, 6.45) is 0. The molecule has 1 N–H and O–H groups in total. The van der Waals surface area contributed by atoms with Gasteiger partial charge in [0, 0.05) is 53.9 Å². The zero-order valence-corrected chi connectivity index (χ0v) is 22.9. The number of rotatable bonds is 8. The van der Waals surface area contributed by atoms with Gasteiger partial charge >= 0.3 is 0 Å². The van der Waals surface area contributed by atoms with Crippen LogP contribution in [0.1, 0.15) is 41.2 Å². The van der Waals surface area contributed by atoms with E-state index in [0.29, 0.717) is 40.7 Å². The number of hydrogen-bond acceptors (Lipinski definition) is 7. The quantitative estimate of drug-likeness (QED) is 0.451. The van der Waals surface area contributed by atoms with Crippen LogP contribution in [-0.2, 0) is 4.74 Å². The van der Waals surface area contributed by atoms with Gasteiger partial charge in [0.05, 0.1) is 30.9 Å². The van der Waals surface area contributed by atoms with Crippen molar-refractivity contribution in [2.24, 2.45) is 5.41 Å². The van der Waals surface area contributed by atoms with Crippen molar-refractivity contribution in [3.8, 4) is 29.0 Å². The first-order chi connectivity index (χ1) is 18.7. The zero-order valence-electron chi connectivity index (χ0n) is 22.9. The molecule has 1 fully saturated rings. The molecule has 9 nitrogen and oxygen atoms in total. The number of fused-ring (bicyclic) bond motifs is 1. The number of hydrogen-bond donors (Lipinski definition) is 1. The Morgan fingerprint density at radius 3 is 2.62 bits per heavy atom. The van der Waals surface area contributed by atoms with Crippen LogP contribution in [0, 0.1) is 30.6 Å². The second-order valence-corrected chi connectivity index (χ2v) is 10.8. The molecule has 0 radical (unpaired) electrons. The van der Waals surface area contributed by atoms with Crippen LogP contribution in [0.4, 0.5) is 5.69 Å². The summed E-state index contributed by atoms with van der Waals surface area (Å²) >= 11 is 0. The number of nitriles is 1. The van der Waals surface area contributed by atoms with Crippen molar-refractivity contribution in [3.63, 3.8) is 0 Å². The average Bonchev–Trinajstić information content (AvgIpc) is 3.51. The topological polar surface area (TPSA) is 98.0 Å².